The zero-order chi connectivity index (χ0) is 24.0. The zero-order valence-electron chi connectivity index (χ0n) is 19.8. The molecule has 0 spiro atoms. The lowest BCUT2D eigenvalue weighted by molar-refractivity contribution is -0.115. The normalized spacial score (nSPS) is 11.3. The molecular weight excluding hydrogens is 430 g/mol. The van der Waals surface area contributed by atoms with Crippen molar-refractivity contribution in [3.05, 3.63) is 70.5 Å². The van der Waals surface area contributed by atoms with E-state index in [9.17, 15) is 4.79 Å². The van der Waals surface area contributed by atoms with Crippen LogP contribution in [-0.2, 0) is 11.2 Å². The van der Waals surface area contributed by atoms with Crippen molar-refractivity contribution in [2.45, 2.75) is 34.1 Å². The molecule has 172 valence electrons. The molecule has 0 atom stereocenters. The summed E-state index contributed by atoms with van der Waals surface area (Å²) in [6.45, 7) is 7.87. The maximum absolute atomic E-state index is 13.0. The van der Waals surface area contributed by atoms with Gasteiger partial charge in [0, 0.05) is 16.8 Å². The number of carbonyl (C=O) groups excluding carboxylic acids is 1. The highest BCUT2D eigenvalue weighted by atomic mass is 16.5. The van der Waals surface area contributed by atoms with E-state index in [-0.39, 0.29) is 12.3 Å². The maximum Gasteiger partial charge on any atom is 0.231 e. The molecule has 0 aliphatic rings. The predicted molar refractivity (Wildman–Crippen MR) is 131 cm³/mol. The van der Waals surface area contributed by atoms with Gasteiger partial charge in [-0.3, -0.25) is 4.79 Å². The van der Waals surface area contributed by atoms with Crippen LogP contribution in [0.5, 0.6) is 5.75 Å². The third kappa shape index (κ3) is 3.77. The molecule has 2 aromatic carbocycles. The van der Waals surface area contributed by atoms with Crippen molar-refractivity contribution in [2.24, 2.45) is 0 Å². The summed E-state index contributed by atoms with van der Waals surface area (Å²) in [5.41, 5.74) is 5.93. The summed E-state index contributed by atoms with van der Waals surface area (Å²) in [6.07, 6.45) is 0.0815. The summed E-state index contributed by atoms with van der Waals surface area (Å²) < 4.78 is 12.6. The average Bonchev–Trinajstić information content (AvgIpc) is 3.36. The molecule has 1 amide bonds. The average molecular weight is 456 g/mol. The van der Waals surface area contributed by atoms with Crippen molar-refractivity contribution in [2.75, 3.05) is 12.4 Å². The third-order valence-electron chi connectivity index (χ3n) is 5.84. The van der Waals surface area contributed by atoms with Gasteiger partial charge >= 0.3 is 0 Å². The van der Waals surface area contributed by atoms with Gasteiger partial charge in [-0.05, 0) is 62.6 Å². The second-order valence-electron chi connectivity index (χ2n) is 8.55. The summed E-state index contributed by atoms with van der Waals surface area (Å²) in [7, 11) is 1.62. The van der Waals surface area contributed by atoms with Crippen molar-refractivity contribution in [1.29, 1.82) is 0 Å². The first-order valence-electron chi connectivity index (χ1n) is 11.0. The van der Waals surface area contributed by atoms with Gasteiger partial charge in [-0.25, -0.2) is 4.98 Å². The fourth-order valence-corrected chi connectivity index (χ4v) is 4.32. The van der Waals surface area contributed by atoms with E-state index in [1.54, 1.807) is 11.8 Å². The Hall–Kier alpha value is -4.20. The first-order valence-corrected chi connectivity index (χ1v) is 11.0. The maximum atomic E-state index is 13.0. The predicted octanol–water partition coefficient (Wildman–Crippen LogP) is 4.99. The molecule has 1 N–H and O–H groups in total. The number of carbonyl (C=O) groups is 1. The molecule has 3 heterocycles. The van der Waals surface area contributed by atoms with Crippen LogP contribution < -0.4 is 10.1 Å². The number of hydrogen-bond acceptors (Lipinski definition) is 6. The van der Waals surface area contributed by atoms with Gasteiger partial charge in [0.1, 0.15) is 22.8 Å². The van der Waals surface area contributed by atoms with E-state index in [1.165, 1.54) is 0 Å². The van der Waals surface area contributed by atoms with E-state index < -0.39 is 0 Å². The number of pyridine rings is 1. The molecule has 3 aromatic heterocycles. The lowest BCUT2D eigenvalue weighted by Crippen LogP contribution is -2.18. The number of benzene rings is 2. The van der Waals surface area contributed by atoms with Crippen molar-refractivity contribution >= 4 is 33.6 Å². The van der Waals surface area contributed by atoms with E-state index in [1.807, 2.05) is 70.2 Å². The van der Waals surface area contributed by atoms with E-state index >= 15 is 0 Å². The van der Waals surface area contributed by atoms with Gasteiger partial charge in [-0.1, -0.05) is 23.4 Å². The van der Waals surface area contributed by atoms with Crippen LogP contribution in [0, 0.1) is 27.7 Å². The molecule has 0 unspecified atom stereocenters. The second-order valence-corrected chi connectivity index (χ2v) is 8.55. The molecule has 0 radical (unpaired) electrons. The van der Waals surface area contributed by atoms with E-state index in [0.29, 0.717) is 28.7 Å². The molecule has 0 bridgehead atoms. The highest BCUT2D eigenvalue weighted by Gasteiger charge is 2.18. The summed E-state index contributed by atoms with van der Waals surface area (Å²) >= 11 is 0. The number of fused-ring (bicyclic) bond motifs is 2. The van der Waals surface area contributed by atoms with Crippen LogP contribution in [-0.4, -0.2) is 32.9 Å². The minimum absolute atomic E-state index is 0.0815. The number of anilines is 1. The van der Waals surface area contributed by atoms with Gasteiger partial charge in [0.25, 0.3) is 0 Å². The number of aromatic nitrogens is 4. The Morgan fingerprint density at radius 1 is 1.06 bits per heavy atom. The van der Waals surface area contributed by atoms with E-state index in [4.69, 9.17) is 14.2 Å². The molecule has 0 saturated heterocycles. The van der Waals surface area contributed by atoms with Crippen LogP contribution in [0.2, 0.25) is 0 Å². The van der Waals surface area contributed by atoms with Crippen LogP contribution in [0.4, 0.5) is 5.82 Å². The Kier molecular flexibility index (Phi) is 5.28. The number of rotatable bonds is 5. The quantitative estimate of drug-likeness (QED) is 0.401. The summed E-state index contributed by atoms with van der Waals surface area (Å²) in [5, 5.41) is 13.5. The lowest BCUT2D eigenvalue weighted by Gasteiger charge is -2.12. The molecule has 5 aromatic rings. The highest BCUT2D eigenvalue weighted by Crippen LogP contribution is 2.29. The number of hydrogen-bond donors (Lipinski definition) is 1. The first kappa shape index (κ1) is 21.6. The standard InChI is InChI=1S/C26H25N5O3/c1-14-9-16(3)26-19(10-14)20(30-34-26)13-24(32)27-23-12-17(4)29-31(23)22-11-15(2)18-7-6-8-21(33-5)25(18)28-22/h6-12H,13H2,1-5H3,(H,27,32). The van der Waals surface area contributed by atoms with Crippen molar-refractivity contribution in [3.63, 3.8) is 0 Å². The Morgan fingerprint density at radius 3 is 2.68 bits per heavy atom. The topological polar surface area (TPSA) is 95.1 Å². The molecule has 0 aliphatic heterocycles. The molecular formula is C26H25N5O3. The summed E-state index contributed by atoms with van der Waals surface area (Å²) in [4.78, 5) is 17.8. The van der Waals surface area contributed by atoms with Gasteiger partial charge in [0.05, 0.1) is 19.2 Å². The number of nitrogens with zero attached hydrogens (tertiary/aromatic N) is 4. The second kappa shape index (κ2) is 8.30. The van der Waals surface area contributed by atoms with Crippen LogP contribution in [0.25, 0.3) is 27.7 Å². The lowest BCUT2D eigenvalue weighted by atomic mass is 10.1. The van der Waals surface area contributed by atoms with Crippen molar-refractivity contribution in [3.8, 4) is 11.6 Å². The minimum Gasteiger partial charge on any atom is -0.494 e. The number of ether oxygens (including phenoxy) is 1. The number of amides is 1. The third-order valence-corrected chi connectivity index (χ3v) is 5.84. The molecule has 0 aliphatic carbocycles. The molecule has 8 heteroatoms. The van der Waals surface area contributed by atoms with Crippen molar-refractivity contribution in [1.82, 2.24) is 19.9 Å². The molecule has 5 rings (SSSR count). The molecule has 34 heavy (non-hydrogen) atoms. The fourth-order valence-electron chi connectivity index (χ4n) is 4.32. The van der Waals surface area contributed by atoms with Gasteiger partial charge in [0.2, 0.25) is 5.91 Å². The fraction of sp³-hybridized carbons (Fsp3) is 0.231. The minimum atomic E-state index is -0.217. The molecule has 0 saturated carbocycles. The zero-order valence-corrected chi connectivity index (χ0v) is 19.8. The van der Waals surface area contributed by atoms with Crippen LogP contribution in [0.15, 0.2) is 47.0 Å². The smallest absolute Gasteiger partial charge is 0.231 e. The highest BCUT2D eigenvalue weighted by molar-refractivity contribution is 5.95. The van der Waals surface area contributed by atoms with Crippen LogP contribution in [0.3, 0.4) is 0 Å². The summed E-state index contributed by atoms with van der Waals surface area (Å²) in [6, 6.07) is 13.6. The van der Waals surface area contributed by atoms with Gasteiger partial charge < -0.3 is 14.6 Å². The van der Waals surface area contributed by atoms with Gasteiger partial charge in [-0.15, -0.1) is 0 Å². The Balaban J connectivity index is 1.48. The summed E-state index contributed by atoms with van der Waals surface area (Å²) in [5.74, 6) is 1.59. The Labute approximate surface area is 196 Å². The SMILES string of the molecule is COc1cccc2c(C)cc(-n3nc(C)cc3NC(=O)Cc3noc4c(C)cc(C)cc34)nc12. The first-order chi connectivity index (χ1) is 16.3. The van der Waals surface area contributed by atoms with E-state index in [0.717, 1.165) is 38.7 Å². The number of para-hydroxylation sites is 1. The largest absolute Gasteiger partial charge is 0.494 e. The number of aryl methyl sites for hydroxylation is 4. The monoisotopic (exact) mass is 455 g/mol. The Morgan fingerprint density at radius 2 is 1.88 bits per heavy atom. The number of nitrogens with one attached hydrogen (secondary N) is 1. The van der Waals surface area contributed by atoms with Crippen LogP contribution >= 0.6 is 0 Å². The molecule has 8 nitrogen and oxygen atoms in total. The Bertz CT molecular complexity index is 1560. The van der Waals surface area contributed by atoms with Gasteiger partial charge in [-0.2, -0.15) is 9.78 Å². The van der Waals surface area contributed by atoms with Gasteiger partial charge in [0.15, 0.2) is 11.4 Å². The number of methoxy groups -OCH3 is 1. The van der Waals surface area contributed by atoms with Crippen molar-refractivity contribution < 1.29 is 14.1 Å². The van der Waals surface area contributed by atoms with Crippen LogP contribution in [0.1, 0.15) is 28.1 Å². The molecule has 0 fully saturated rings. The van der Waals surface area contributed by atoms with E-state index in [2.05, 4.69) is 15.6 Å².